The Morgan fingerprint density at radius 2 is 1.03 bits per heavy atom. The van der Waals surface area contributed by atoms with E-state index in [1.165, 1.54) is 0 Å². The summed E-state index contributed by atoms with van der Waals surface area (Å²) in [4.78, 5) is 53.2. The SMILES string of the molecule is CC12CCC(C(=O)OC3CC4CC5CC(OC(=O)C67CCC(C)(OC6=O)C7(C)C)C4CC53)(C(=O)O1)C2(C)C. The van der Waals surface area contributed by atoms with Gasteiger partial charge in [-0.15, -0.1) is 0 Å². The van der Waals surface area contributed by atoms with Crippen LogP contribution in [0.3, 0.4) is 0 Å². The van der Waals surface area contributed by atoms with Crippen LogP contribution in [0.1, 0.15) is 92.9 Å². The van der Waals surface area contributed by atoms with Gasteiger partial charge in [-0.2, -0.15) is 0 Å². The van der Waals surface area contributed by atoms with E-state index in [1.807, 2.05) is 41.5 Å². The molecule has 9 aliphatic rings. The summed E-state index contributed by atoms with van der Waals surface area (Å²) in [7, 11) is 0. The Bertz CT molecular complexity index is 1080. The Kier molecular flexibility index (Phi) is 4.55. The van der Waals surface area contributed by atoms with Crippen molar-refractivity contribution in [2.45, 2.75) is 116 Å². The highest BCUT2D eigenvalue weighted by Gasteiger charge is 2.78. The number of hydrogen-bond acceptors (Lipinski definition) is 8. The lowest BCUT2D eigenvalue weighted by atomic mass is 9.51. The van der Waals surface area contributed by atoms with E-state index in [0.717, 1.165) is 25.7 Å². The first kappa shape index (κ1) is 24.9. The summed E-state index contributed by atoms with van der Waals surface area (Å²) in [5.74, 6) is -0.731. The van der Waals surface area contributed by atoms with Crippen LogP contribution in [0.2, 0.25) is 0 Å². The van der Waals surface area contributed by atoms with E-state index < -0.39 is 56.7 Å². The van der Waals surface area contributed by atoms with Gasteiger partial charge in [0.15, 0.2) is 10.8 Å². The Morgan fingerprint density at radius 1 is 0.632 bits per heavy atom. The molecule has 8 nitrogen and oxygen atoms in total. The Morgan fingerprint density at radius 3 is 1.32 bits per heavy atom. The molecular weight excluding hydrogens is 488 g/mol. The topological polar surface area (TPSA) is 105 Å². The van der Waals surface area contributed by atoms with Crippen LogP contribution in [0.25, 0.3) is 0 Å². The van der Waals surface area contributed by atoms with Crippen molar-refractivity contribution in [3.63, 3.8) is 0 Å². The Labute approximate surface area is 223 Å². The van der Waals surface area contributed by atoms with Crippen molar-refractivity contribution in [1.82, 2.24) is 0 Å². The lowest BCUT2D eigenvalue weighted by molar-refractivity contribution is -0.207. The van der Waals surface area contributed by atoms with Gasteiger partial charge < -0.3 is 18.9 Å². The molecule has 2 aliphatic heterocycles. The van der Waals surface area contributed by atoms with Gasteiger partial charge in [-0.3, -0.25) is 19.2 Å². The molecule has 2 saturated heterocycles. The molecule has 9 rings (SSSR count). The minimum atomic E-state index is -1.23. The second-order valence-corrected chi connectivity index (χ2v) is 15.0. The lowest BCUT2D eigenvalue weighted by Gasteiger charge is -2.58. The predicted octanol–water partition coefficient (Wildman–Crippen LogP) is 4.12. The number of carbonyl (C=O) groups is 4. The average Bonchev–Trinajstić information content (AvgIpc) is 3.30. The van der Waals surface area contributed by atoms with Crippen LogP contribution in [-0.2, 0) is 38.1 Å². The highest BCUT2D eigenvalue weighted by Crippen LogP contribution is 2.68. The molecule has 0 aromatic rings. The maximum Gasteiger partial charge on any atom is 0.324 e. The Hall–Kier alpha value is -2.12. The summed E-state index contributed by atoms with van der Waals surface area (Å²) in [5.41, 5.74) is -4.97. The van der Waals surface area contributed by atoms with Gasteiger partial charge >= 0.3 is 23.9 Å². The molecule has 0 spiro atoms. The zero-order valence-electron chi connectivity index (χ0n) is 23.4. The van der Waals surface area contributed by atoms with Crippen molar-refractivity contribution in [2.24, 2.45) is 45.3 Å². The van der Waals surface area contributed by atoms with E-state index in [2.05, 4.69) is 0 Å². The van der Waals surface area contributed by atoms with E-state index in [9.17, 15) is 19.2 Å². The second kappa shape index (κ2) is 6.95. The lowest BCUT2D eigenvalue weighted by Crippen LogP contribution is -2.59. The number of fused-ring (bicyclic) bond motifs is 6. The third-order valence-corrected chi connectivity index (χ3v) is 13.7. The van der Waals surface area contributed by atoms with Crippen LogP contribution in [0.5, 0.6) is 0 Å². The van der Waals surface area contributed by atoms with Gasteiger partial charge in [0.05, 0.1) is 0 Å². The summed E-state index contributed by atoms with van der Waals surface area (Å²) in [6, 6.07) is 0. The number of ether oxygens (including phenoxy) is 4. The summed E-state index contributed by atoms with van der Waals surface area (Å²) in [6.45, 7) is 11.7. The van der Waals surface area contributed by atoms with Crippen LogP contribution < -0.4 is 0 Å². The fraction of sp³-hybridized carbons (Fsp3) is 0.867. The molecule has 7 saturated carbocycles. The van der Waals surface area contributed by atoms with Crippen molar-refractivity contribution in [1.29, 1.82) is 0 Å². The predicted molar refractivity (Wildman–Crippen MR) is 132 cm³/mol. The number of hydrogen-bond donors (Lipinski definition) is 0. The number of rotatable bonds is 4. The standard InChI is InChI=1S/C30H40O8/c1-25(2)27(5)7-9-29(25,23(33)37-27)21(31)35-19-12-15-11-16-13-20(18(15)14-17(16)19)36-22(32)30-10-8-28(6,26(30,3)4)38-24(30)34/h15-20H,7-14H2,1-6H3. The molecule has 0 aromatic heterocycles. The molecule has 10 unspecified atom stereocenters. The van der Waals surface area contributed by atoms with Gasteiger partial charge in [-0.05, 0) is 88.9 Å². The fourth-order valence-electron chi connectivity index (χ4n) is 10.1. The Balaban J connectivity index is 1.06. The zero-order chi connectivity index (χ0) is 27.3. The zero-order valence-corrected chi connectivity index (χ0v) is 23.4. The molecule has 38 heavy (non-hydrogen) atoms. The van der Waals surface area contributed by atoms with Crippen LogP contribution in [0.4, 0.5) is 0 Å². The van der Waals surface area contributed by atoms with E-state index in [1.54, 1.807) is 0 Å². The van der Waals surface area contributed by atoms with Crippen LogP contribution >= 0.6 is 0 Å². The second-order valence-electron chi connectivity index (χ2n) is 15.0. The molecule has 0 radical (unpaired) electrons. The largest absolute Gasteiger partial charge is 0.461 e. The van der Waals surface area contributed by atoms with Gasteiger partial charge in [0.2, 0.25) is 0 Å². The molecular formula is C30H40O8. The maximum absolute atomic E-state index is 13.7. The van der Waals surface area contributed by atoms with Crippen LogP contribution in [0.15, 0.2) is 0 Å². The molecule has 8 bridgehead atoms. The minimum Gasteiger partial charge on any atom is -0.461 e. The first-order valence-electron chi connectivity index (χ1n) is 14.5. The van der Waals surface area contributed by atoms with Crippen LogP contribution in [0, 0.1) is 45.3 Å². The van der Waals surface area contributed by atoms with Gasteiger partial charge in [-0.25, -0.2) is 0 Å². The van der Waals surface area contributed by atoms with E-state index in [4.69, 9.17) is 18.9 Å². The third kappa shape index (κ3) is 2.47. The molecule has 0 aromatic carbocycles. The molecule has 2 heterocycles. The molecule has 208 valence electrons. The highest BCUT2D eigenvalue weighted by atomic mass is 16.6. The van der Waals surface area contributed by atoms with Crippen molar-refractivity contribution in [3.05, 3.63) is 0 Å². The first-order valence-corrected chi connectivity index (χ1v) is 14.5. The maximum atomic E-state index is 13.7. The molecule has 7 aliphatic carbocycles. The summed E-state index contributed by atoms with van der Waals surface area (Å²) >= 11 is 0. The van der Waals surface area contributed by atoms with Gasteiger partial charge in [-0.1, -0.05) is 27.7 Å². The van der Waals surface area contributed by atoms with E-state index in [-0.39, 0.29) is 24.0 Å². The fourth-order valence-corrected chi connectivity index (χ4v) is 10.1. The van der Waals surface area contributed by atoms with Gasteiger partial charge in [0, 0.05) is 10.8 Å². The smallest absolute Gasteiger partial charge is 0.324 e. The quantitative estimate of drug-likeness (QED) is 0.305. The van der Waals surface area contributed by atoms with Crippen molar-refractivity contribution in [2.75, 3.05) is 0 Å². The summed E-state index contributed by atoms with van der Waals surface area (Å²) in [6.07, 6.45) is 5.17. The molecule has 0 amide bonds. The molecule has 9 fully saturated rings. The van der Waals surface area contributed by atoms with Gasteiger partial charge in [0.25, 0.3) is 0 Å². The third-order valence-electron chi connectivity index (χ3n) is 13.7. The first-order chi connectivity index (χ1) is 17.6. The molecule has 0 N–H and O–H groups in total. The number of carbonyl (C=O) groups excluding carboxylic acids is 4. The van der Waals surface area contributed by atoms with Crippen molar-refractivity contribution < 1.29 is 38.1 Å². The average molecular weight is 529 g/mol. The normalized spacial score (nSPS) is 52.2. The minimum absolute atomic E-state index is 0.203. The van der Waals surface area contributed by atoms with Crippen molar-refractivity contribution >= 4 is 23.9 Å². The number of esters is 4. The van der Waals surface area contributed by atoms with Crippen molar-refractivity contribution in [3.8, 4) is 0 Å². The van der Waals surface area contributed by atoms with E-state index in [0.29, 0.717) is 37.5 Å². The summed E-state index contributed by atoms with van der Waals surface area (Å²) < 4.78 is 23.8. The summed E-state index contributed by atoms with van der Waals surface area (Å²) in [5, 5.41) is 0. The highest BCUT2D eigenvalue weighted by molar-refractivity contribution is 6.04. The molecule has 8 heteroatoms. The monoisotopic (exact) mass is 528 g/mol. The van der Waals surface area contributed by atoms with Crippen LogP contribution in [-0.4, -0.2) is 47.3 Å². The van der Waals surface area contributed by atoms with Gasteiger partial charge in [0.1, 0.15) is 23.4 Å². The molecule has 10 atom stereocenters. The van der Waals surface area contributed by atoms with E-state index >= 15 is 0 Å².